The first-order chi connectivity index (χ1) is 11.6. The van der Waals surface area contributed by atoms with Crippen molar-refractivity contribution < 1.29 is 18.9 Å². The number of benzene rings is 2. The van der Waals surface area contributed by atoms with Crippen LogP contribution in [0, 0.1) is 0 Å². The van der Waals surface area contributed by atoms with E-state index in [1.165, 1.54) is 0 Å². The summed E-state index contributed by atoms with van der Waals surface area (Å²) in [6.07, 6.45) is 0. The van der Waals surface area contributed by atoms with Crippen molar-refractivity contribution in [2.45, 2.75) is 13.1 Å². The molecule has 6 heteroatoms. The fraction of sp³-hybridized carbons (Fsp3) is 0.333. The molecule has 0 aliphatic heterocycles. The van der Waals surface area contributed by atoms with Crippen molar-refractivity contribution in [3.05, 3.63) is 45.9 Å². The Kier molecular flexibility index (Phi) is 6.75. The van der Waals surface area contributed by atoms with E-state index in [-0.39, 0.29) is 0 Å². The van der Waals surface area contributed by atoms with Gasteiger partial charge in [0, 0.05) is 23.1 Å². The van der Waals surface area contributed by atoms with Crippen LogP contribution in [0.2, 0.25) is 0 Å². The average molecular weight is 396 g/mol. The molecule has 24 heavy (non-hydrogen) atoms. The van der Waals surface area contributed by atoms with Gasteiger partial charge in [-0.1, -0.05) is 15.9 Å². The summed E-state index contributed by atoms with van der Waals surface area (Å²) >= 11 is 3.57. The zero-order chi connectivity index (χ0) is 17.5. The first-order valence-corrected chi connectivity index (χ1v) is 8.24. The van der Waals surface area contributed by atoms with Crippen molar-refractivity contribution in [1.29, 1.82) is 0 Å². The first-order valence-electron chi connectivity index (χ1n) is 7.45. The summed E-state index contributed by atoms with van der Waals surface area (Å²) < 4.78 is 22.3. The number of hydrogen-bond donors (Lipinski definition) is 1. The maximum absolute atomic E-state index is 5.40. The molecule has 0 aliphatic carbocycles. The molecule has 2 rings (SSSR count). The van der Waals surface area contributed by atoms with Gasteiger partial charge in [0.15, 0.2) is 11.5 Å². The predicted molar refractivity (Wildman–Crippen MR) is 97.3 cm³/mol. The number of methoxy groups -OCH3 is 4. The molecule has 0 heterocycles. The third-order valence-electron chi connectivity index (χ3n) is 3.67. The highest BCUT2D eigenvalue weighted by Gasteiger charge is 2.10. The molecule has 0 amide bonds. The van der Waals surface area contributed by atoms with Crippen LogP contribution in [0.1, 0.15) is 11.1 Å². The number of rotatable bonds is 8. The van der Waals surface area contributed by atoms with Crippen molar-refractivity contribution in [2.24, 2.45) is 0 Å². The lowest BCUT2D eigenvalue weighted by molar-refractivity contribution is 0.354. The van der Waals surface area contributed by atoms with E-state index in [2.05, 4.69) is 21.2 Å². The van der Waals surface area contributed by atoms with Crippen LogP contribution in [0.4, 0.5) is 0 Å². The quantitative estimate of drug-likeness (QED) is 0.736. The Morgan fingerprint density at radius 1 is 0.750 bits per heavy atom. The van der Waals surface area contributed by atoms with Gasteiger partial charge in [-0.3, -0.25) is 0 Å². The Labute approximate surface area is 151 Å². The van der Waals surface area contributed by atoms with Gasteiger partial charge in [-0.15, -0.1) is 0 Å². The molecule has 0 aromatic heterocycles. The van der Waals surface area contributed by atoms with E-state index in [1.807, 2.05) is 30.3 Å². The Morgan fingerprint density at radius 2 is 1.38 bits per heavy atom. The fourth-order valence-corrected chi connectivity index (χ4v) is 2.85. The lowest BCUT2D eigenvalue weighted by atomic mass is 10.1. The standard InChI is InChI=1S/C18H22BrNO4/c1-21-14-5-6-16(22-2)13(7-14)11-20-10-12-8-17(23-3)18(24-4)9-15(12)19/h5-9,20H,10-11H2,1-4H3. The third kappa shape index (κ3) is 4.33. The minimum absolute atomic E-state index is 0.654. The van der Waals surface area contributed by atoms with Gasteiger partial charge < -0.3 is 24.3 Å². The summed E-state index contributed by atoms with van der Waals surface area (Å²) in [4.78, 5) is 0. The Hall–Kier alpha value is -1.92. The fourth-order valence-electron chi connectivity index (χ4n) is 2.38. The van der Waals surface area contributed by atoms with Gasteiger partial charge in [0.1, 0.15) is 11.5 Å². The number of nitrogens with one attached hydrogen (secondary N) is 1. The summed E-state index contributed by atoms with van der Waals surface area (Å²) in [5.74, 6) is 3.04. The molecule has 0 atom stereocenters. The molecule has 1 N–H and O–H groups in total. The van der Waals surface area contributed by atoms with Crippen molar-refractivity contribution in [1.82, 2.24) is 5.32 Å². The molecule has 0 spiro atoms. The van der Waals surface area contributed by atoms with E-state index in [0.29, 0.717) is 24.6 Å². The van der Waals surface area contributed by atoms with E-state index in [4.69, 9.17) is 18.9 Å². The predicted octanol–water partition coefficient (Wildman–Crippen LogP) is 3.77. The van der Waals surface area contributed by atoms with Crippen molar-refractivity contribution in [2.75, 3.05) is 28.4 Å². The smallest absolute Gasteiger partial charge is 0.161 e. The summed E-state index contributed by atoms with van der Waals surface area (Å²) in [6, 6.07) is 9.62. The highest BCUT2D eigenvalue weighted by Crippen LogP contribution is 2.33. The number of ether oxygens (including phenoxy) is 4. The highest BCUT2D eigenvalue weighted by atomic mass is 79.9. The van der Waals surface area contributed by atoms with Crippen LogP contribution in [0.3, 0.4) is 0 Å². The lowest BCUT2D eigenvalue weighted by Crippen LogP contribution is -2.14. The Morgan fingerprint density at radius 3 is 2.00 bits per heavy atom. The summed E-state index contributed by atoms with van der Waals surface area (Å²) in [7, 11) is 6.57. The van der Waals surface area contributed by atoms with Crippen LogP contribution in [-0.2, 0) is 13.1 Å². The Balaban J connectivity index is 2.09. The average Bonchev–Trinajstić information content (AvgIpc) is 2.62. The molecule has 5 nitrogen and oxygen atoms in total. The van der Waals surface area contributed by atoms with Crippen molar-refractivity contribution >= 4 is 15.9 Å². The van der Waals surface area contributed by atoms with Crippen LogP contribution in [0.25, 0.3) is 0 Å². The second kappa shape index (κ2) is 8.80. The van der Waals surface area contributed by atoms with Gasteiger partial charge in [0.05, 0.1) is 28.4 Å². The van der Waals surface area contributed by atoms with Crippen molar-refractivity contribution in [3.63, 3.8) is 0 Å². The minimum Gasteiger partial charge on any atom is -0.497 e. The van der Waals surface area contributed by atoms with E-state index in [0.717, 1.165) is 27.1 Å². The molecule has 130 valence electrons. The van der Waals surface area contributed by atoms with Crippen LogP contribution >= 0.6 is 15.9 Å². The number of hydrogen-bond acceptors (Lipinski definition) is 5. The van der Waals surface area contributed by atoms with Gasteiger partial charge in [-0.25, -0.2) is 0 Å². The van der Waals surface area contributed by atoms with E-state index < -0.39 is 0 Å². The zero-order valence-electron chi connectivity index (χ0n) is 14.3. The van der Waals surface area contributed by atoms with Gasteiger partial charge in [0.25, 0.3) is 0 Å². The molecule has 0 fully saturated rings. The molecular weight excluding hydrogens is 374 g/mol. The molecule has 0 saturated heterocycles. The molecule has 0 radical (unpaired) electrons. The molecule has 0 unspecified atom stereocenters. The zero-order valence-corrected chi connectivity index (χ0v) is 15.9. The minimum atomic E-state index is 0.654. The second-order valence-corrected chi connectivity index (χ2v) is 5.93. The van der Waals surface area contributed by atoms with Gasteiger partial charge in [0.2, 0.25) is 0 Å². The maximum atomic E-state index is 5.40. The molecular formula is C18H22BrNO4. The molecule has 2 aromatic rings. The highest BCUT2D eigenvalue weighted by molar-refractivity contribution is 9.10. The summed E-state index contributed by atoms with van der Waals surface area (Å²) in [6.45, 7) is 1.32. The van der Waals surface area contributed by atoms with E-state index in [9.17, 15) is 0 Å². The van der Waals surface area contributed by atoms with E-state index in [1.54, 1.807) is 28.4 Å². The second-order valence-electron chi connectivity index (χ2n) is 5.08. The first kappa shape index (κ1) is 18.4. The maximum Gasteiger partial charge on any atom is 0.161 e. The van der Waals surface area contributed by atoms with Crippen LogP contribution in [-0.4, -0.2) is 28.4 Å². The summed E-state index contributed by atoms with van der Waals surface area (Å²) in [5, 5.41) is 3.41. The topological polar surface area (TPSA) is 49.0 Å². The van der Waals surface area contributed by atoms with Crippen LogP contribution < -0.4 is 24.3 Å². The number of halogens is 1. The van der Waals surface area contributed by atoms with Crippen LogP contribution in [0.5, 0.6) is 23.0 Å². The third-order valence-corrected chi connectivity index (χ3v) is 4.41. The van der Waals surface area contributed by atoms with Crippen molar-refractivity contribution in [3.8, 4) is 23.0 Å². The molecule has 0 saturated carbocycles. The normalized spacial score (nSPS) is 10.4. The monoisotopic (exact) mass is 395 g/mol. The SMILES string of the molecule is COc1ccc(OC)c(CNCc2cc(OC)c(OC)cc2Br)c1. The van der Waals surface area contributed by atoms with E-state index >= 15 is 0 Å². The molecule has 0 aliphatic rings. The largest absolute Gasteiger partial charge is 0.497 e. The summed E-state index contributed by atoms with van der Waals surface area (Å²) in [5.41, 5.74) is 2.11. The van der Waals surface area contributed by atoms with Gasteiger partial charge in [-0.2, -0.15) is 0 Å². The van der Waals surface area contributed by atoms with Gasteiger partial charge in [-0.05, 0) is 35.9 Å². The van der Waals surface area contributed by atoms with Gasteiger partial charge >= 0.3 is 0 Å². The Bertz CT molecular complexity index is 691. The van der Waals surface area contributed by atoms with Crippen LogP contribution in [0.15, 0.2) is 34.8 Å². The lowest BCUT2D eigenvalue weighted by Gasteiger charge is -2.14. The molecule has 2 aromatic carbocycles. The molecule has 0 bridgehead atoms.